The van der Waals surface area contributed by atoms with E-state index in [2.05, 4.69) is 31.2 Å². The van der Waals surface area contributed by atoms with E-state index in [1.165, 1.54) is 25.3 Å². The van der Waals surface area contributed by atoms with Gasteiger partial charge >= 0.3 is 5.97 Å². The number of nitrogens with zero attached hydrogens (tertiary/aromatic N) is 3. The molecule has 0 unspecified atom stereocenters. The number of aromatic carboxylic acids is 1. The van der Waals surface area contributed by atoms with Crippen molar-refractivity contribution in [2.45, 2.75) is 0 Å². The molecule has 0 aliphatic heterocycles. The van der Waals surface area contributed by atoms with Crippen molar-refractivity contribution in [3.8, 4) is 22.8 Å². The summed E-state index contributed by atoms with van der Waals surface area (Å²) < 4.78 is 7.67. The van der Waals surface area contributed by atoms with E-state index in [1.54, 1.807) is 36.7 Å². The lowest BCUT2D eigenvalue weighted by Gasteiger charge is -2.10. The fourth-order valence-electron chi connectivity index (χ4n) is 2.91. The fourth-order valence-corrected chi connectivity index (χ4v) is 3.22. The molecule has 4 rings (SSSR count). The number of ether oxygens (including phenoxy) is 1. The van der Waals surface area contributed by atoms with Crippen molar-refractivity contribution in [2.24, 2.45) is 0 Å². The molecule has 4 aromatic rings. The summed E-state index contributed by atoms with van der Waals surface area (Å²) in [5.41, 5.74) is 2.84. The molecule has 0 saturated heterocycles. The highest BCUT2D eigenvalue weighted by Gasteiger charge is 2.17. The number of rotatable bonds is 5. The van der Waals surface area contributed by atoms with Crippen LogP contribution in [0.25, 0.3) is 16.9 Å². The van der Waals surface area contributed by atoms with Gasteiger partial charge in [0, 0.05) is 17.4 Å². The van der Waals surface area contributed by atoms with E-state index < -0.39 is 5.97 Å². The molecule has 3 N–H and O–H groups in total. The molecule has 2 aromatic heterocycles. The Morgan fingerprint density at radius 3 is 2.66 bits per heavy atom. The smallest absolute Gasteiger partial charge is 0.335 e. The maximum Gasteiger partial charge on any atom is 0.335 e. The predicted molar refractivity (Wildman–Crippen MR) is 111 cm³/mol. The van der Waals surface area contributed by atoms with E-state index >= 15 is 0 Å². The number of imidazole rings is 1. The first-order chi connectivity index (χ1) is 14.0. The zero-order chi connectivity index (χ0) is 20.5. The number of carboxylic acids is 1. The normalized spacial score (nSPS) is 10.8. The molecule has 0 radical (unpaired) electrons. The SMILES string of the molecule is COc1cc(-c2nc3cnc(Br)cn3c2Nc2ccc(C(=O)O)cc2)ccc1O. The summed E-state index contributed by atoms with van der Waals surface area (Å²) >= 11 is 3.37. The Morgan fingerprint density at radius 1 is 1.21 bits per heavy atom. The van der Waals surface area contributed by atoms with Crippen molar-refractivity contribution in [3.05, 3.63) is 65.0 Å². The van der Waals surface area contributed by atoms with Crippen molar-refractivity contribution in [2.75, 3.05) is 12.4 Å². The maximum atomic E-state index is 11.1. The largest absolute Gasteiger partial charge is 0.504 e. The third kappa shape index (κ3) is 3.59. The van der Waals surface area contributed by atoms with Gasteiger partial charge in [-0.2, -0.15) is 0 Å². The van der Waals surface area contributed by atoms with Gasteiger partial charge in [0.15, 0.2) is 17.1 Å². The Labute approximate surface area is 173 Å². The highest BCUT2D eigenvalue weighted by Crippen LogP contribution is 2.36. The fraction of sp³-hybridized carbons (Fsp3) is 0.0500. The van der Waals surface area contributed by atoms with Gasteiger partial charge in [-0.1, -0.05) is 0 Å². The molecule has 146 valence electrons. The molecule has 0 aliphatic rings. The minimum atomic E-state index is -0.988. The lowest BCUT2D eigenvalue weighted by atomic mass is 10.1. The zero-order valence-electron chi connectivity index (χ0n) is 15.1. The summed E-state index contributed by atoms with van der Waals surface area (Å²) in [6, 6.07) is 11.4. The molecule has 0 atom stereocenters. The second-order valence-corrected chi connectivity index (χ2v) is 6.95. The second-order valence-electron chi connectivity index (χ2n) is 6.14. The number of fused-ring (bicyclic) bond motifs is 1. The van der Waals surface area contributed by atoms with Gasteiger partial charge in [0.2, 0.25) is 0 Å². The van der Waals surface area contributed by atoms with Gasteiger partial charge in [0.25, 0.3) is 0 Å². The standard InChI is InChI=1S/C20H15BrN4O4/c1-29-15-8-12(4-7-14(15)26)18-19(25-10-16(21)22-9-17(25)24-18)23-13-5-2-11(3-6-13)20(27)28/h2-10,23,26H,1H3,(H,27,28). The van der Waals surface area contributed by atoms with Crippen LogP contribution < -0.4 is 10.1 Å². The quantitative estimate of drug-likeness (QED) is 0.411. The molecule has 0 spiro atoms. The number of aromatic hydroxyl groups is 1. The van der Waals surface area contributed by atoms with E-state index in [-0.39, 0.29) is 11.3 Å². The van der Waals surface area contributed by atoms with Crippen molar-refractivity contribution < 1.29 is 19.7 Å². The number of benzene rings is 2. The molecule has 0 bridgehead atoms. The number of phenolic OH excluding ortho intramolecular Hbond substituents is 1. The first kappa shape index (κ1) is 18.8. The molecule has 2 heterocycles. The van der Waals surface area contributed by atoms with Crippen molar-refractivity contribution in [1.29, 1.82) is 0 Å². The Hall–Kier alpha value is -3.59. The first-order valence-corrected chi connectivity index (χ1v) is 9.27. The summed E-state index contributed by atoms with van der Waals surface area (Å²) in [5.74, 6) is 0.0240. The van der Waals surface area contributed by atoms with Gasteiger partial charge in [0.05, 0.1) is 18.9 Å². The Morgan fingerprint density at radius 2 is 1.97 bits per heavy atom. The van der Waals surface area contributed by atoms with Gasteiger partial charge < -0.3 is 20.3 Å². The van der Waals surface area contributed by atoms with Crippen LogP contribution in [0, 0.1) is 0 Å². The van der Waals surface area contributed by atoms with E-state index in [4.69, 9.17) is 9.84 Å². The molecular formula is C20H15BrN4O4. The molecule has 9 heteroatoms. The van der Waals surface area contributed by atoms with E-state index in [0.29, 0.717) is 33.2 Å². The lowest BCUT2D eigenvalue weighted by Crippen LogP contribution is -1.99. The van der Waals surface area contributed by atoms with Gasteiger partial charge in [0.1, 0.15) is 16.1 Å². The van der Waals surface area contributed by atoms with Crippen LogP contribution >= 0.6 is 15.9 Å². The van der Waals surface area contributed by atoms with E-state index in [9.17, 15) is 9.90 Å². The average Bonchev–Trinajstić information content (AvgIpc) is 3.06. The number of phenols is 1. The number of methoxy groups -OCH3 is 1. The summed E-state index contributed by atoms with van der Waals surface area (Å²) in [6.45, 7) is 0. The molecule has 8 nitrogen and oxygen atoms in total. The van der Waals surface area contributed by atoms with Crippen LogP contribution in [0.1, 0.15) is 10.4 Å². The van der Waals surface area contributed by atoms with Crippen LogP contribution in [0.4, 0.5) is 11.5 Å². The number of hydrogen-bond acceptors (Lipinski definition) is 6. The molecule has 2 aromatic carbocycles. The predicted octanol–water partition coefficient (Wildman–Crippen LogP) is 4.31. The summed E-state index contributed by atoms with van der Waals surface area (Å²) in [6.07, 6.45) is 3.40. The number of halogens is 1. The summed E-state index contributed by atoms with van der Waals surface area (Å²) in [7, 11) is 1.48. The lowest BCUT2D eigenvalue weighted by molar-refractivity contribution is 0.0697. The average molecular weight is 455 g/mol. The van der Waals surface area contributed by atoms with Crippen molar-refractivity contribution in [3.63, 3.8) is 0 Å². The highest BCUT2D eigenvalue weighted by atomic mass is 79.9. The van der Waals surface area contributed by atoms with Crippen molar-refractivity contribution >= 4 is 39.1 Å². The molecule has 0 aliphatic carbocycles. The maximum absolute atomic E-state index is 11.1. The van der Waals surface area contributed by atoms with Crippen LogP contribution in [-0.2, 0) is 0 Å². The first-order valence-electron chi connectivity index (χ1n) is 8.47. The van der Waals surface area contributed by atoms with Crippen LogP contribution in [0.15, 0.2) is 59.5 Å². The number of carboxylic acid groups (broad SMARTS) is 1. The molecule has 0 fully saturated rings. The van der Waals surface area contributed by atoms with Crippen LogP contribution in [0.5, 0.6) is 11.5 Å². The minimum absolute atomic E-state index is 0.0307. The Balaban J connectivity index is 1.85. The molecule has 29 heavy (non-hydrogen) atoms. The van der Waals surface area contributed by atoms with E-state index in [0.717, 1.165) is 5.56 Å². The highest BCUT2D eigenvalue weighted by molar-refractivity contribution is 9.10. The number of anilines is 2. The monoisotopic (exact) mass is 454 g/mol. The number of carbonyl (C=O) groups is 1. The number of nitrogens with one attached hydrogen (secondary N) is 1. The summed E-state index contributed by atoms with van der Waals surface area (Å²) in [5, 5.41) is 22.3. The molecule has 0 amide bonds. The Kier molecular flexibility index (Phi) is 4.81. The third-order valence-corrected chi connectivity index (χ3v) is 4.73. The van der Waals surface area contributed by atoms with Gasteiger partial charge in [-0.15, -0.1) is 0 Å². The van der Waals surface area contributed by atoms with Gasteiger partial charge in [-0.3, -0.25) is 4.40 Å². The number of aromatic nitrogens is 3. The molecule has 0 saturated carbocycles. The van der Waals surface area contributed by atoms with Gasteiger partial charge in [-0.05, 0) is 58.4 Å². The zero-order valence-corrected chi connectivity index (χ0v) is 16.7. The van der Waals surface area contributed by atoms with Crippen LogP contribution in [-0.4, -0.2) is 37.7 Å². The van der Waals surface area contributed by atoms with Crippen LogP contribution in [0.3, 0.4) is 0 Å². The second kappa shape index (κ2) is 7.44. The molecular weight excluding hydrogens is 440 g/mol. The third-order valence-electron chi connectivity index (χ3n) is 4.33. The van der Waals surface area contributed by atoms with Crippen LogP contribution in [0.2, 0.25) is 0 Å². The minimum Gasteiger partial charge on any atom is -0.504 e. The van der Waals surface area contributed by atoms with Crippen molar-refractivity contribution in [1.82, 2.24) is 14.4 Å². The Bertz CT molecular complexity index is 1220. The summed E-state index contributed by atoms with van der Waals surface area (Å²) in [4.78, 5) is 20.0. The van der Waals surface area contributed by atoms with Gasteiger partial charge in [-0.25, -0.2) is 14.8 Å². The van der Waals surface area contributed by atoms with E-state index in [1.807, 2.05) is 4.40 Å². The number of hydrogen-bond donors (Lipinski definition) is 3. The topological polar surface area (TPSA) is 109 Å².